The number of likely N-dealkylation sites (tertiary alicyclic amines) is 1. The average Bonchev–Trinajstić information content (AvgIpc) is 3.14. The second-order valence-electron chi connectivity index (χ2n) is 6.37. The number of nitrogens with one attached hydrogen (secondary N) is 1. The SMILES string of the molecule is O=C1C(NC2CC2)CCCN1C1CCCc2sccc21. The molecule has 4 heteroatoms. The van der Waals surface area contributed by atoms with Crippen LogP contribution >= 0.6 is 11.3 Å². The zero-order valence-electron chi connectivity index (χ0n) is 11.8. The summed E-state index contributed by atoms with van der Waals surface area (Å²) >= 11 is 1.86. The smallest absolute Gasteiger partial charge is 0.240 e. The van der Waals surface area contributed by atoms with E-state index in [4.69, 9.17) is 0 Å². The highest BCUT2D eigenvalue weighted by Crippen LogP contribution is 2.38. The summed E-state index contributed by atoms with van der Waals surface area (Å²) in [5.41, 5.74) is 1.43. The molecule has 2 fully saturated rings. The zero-order chi connectivity index (χ0) is 13.5. The fourth-order valence-corrected chi connectivity index (χ4v) is 4.67. The van der Waals surface area contributed by atoms with Crippen LogP contribution in [0, 0.1) is 0 Å². The largest absolute Gasteiger partial charge is 0.334 e. The molecule has 0 radical (unpaired) electrons. The first kappa shape index (κ1) is 12.8. The van der Waals surface area contributed by atoms with E-state index in [1.54, 1.807) is 0 Å². The van der Waals surface area contributed by atoms with Crippen molar-refractivity contribution in [1.82, 2.24) is 10.2 Å². The first-order valence-electron chi connectivity index (χ1n) is 7.96. The fourth-order valence-electron chi connectivity index (χ4n) is 3.68. The number of thiophene rings is 1. The van der Waals surface area contributed by atoms with Gasteiger partial charge in [-0.05, 0) is 62.0 Å². The molecule has 1 saturated heterocycles. The van der Waals surface area contributed by atoms with Crippen LogP contribution in [-0.4, -0.2) is 29.4 Å². The van der Waals surface area contributed by atoms with Crippen LogP contribution in [0.4, 0.5) is 0 Å². The lowest BCUT2D eigenvalue weighted by molar-refractivity contribution is -0.139. The van der Waals surface area contributed by atoms with Crippen molar-refractivity contribution in [3.8, 4) is 0 Å². The second kappa shape index (κ2) is 5.15. The van der Waals surface area contributed by atoms with Crippen molar-refractivity contribution in [2.75, 3.05) is 6.54 Å². The normalized spacial score (nSPS) is 30.4. The fraction of sp³-hybridized carbons (Fsp3) is 0.688. The van der Waals surface area contributed by atoms with Gasteiger partial charge in [0.05, 0.1) is 12.1 Å². The number of carbonyl (C=O) groups is 1. The zero-order valence-corrected chi connectivity index (χ0v) is 12.6. The van der Waals surface area contributed by atoms with Gasteiger partial charge in [0.25, 0.3) is 0 Å². The minimum atomic E-state index is 0.0836. The molecule has 1 aromatic rings. The maximum Gasteiger partial charge on any atom is 0.240 e. The highest BCUT2D eigenvalue weighted by Gasteiger charge is 2.37. The van der Waals surface area contributed by atoms with E-state index in [0.717, 1.165) is 25.8 Å². The van der Waals surface area contributed by atoms with Gasteiger partial charge >= 0.3 is 0 Å². The van der Waals surface area contributed by atoms with Crippen molar-refractivity contribution < 1.29 is 4.79 Å². The van der Waals surface area contributed by atoms with Crippen LogP contribution in [-0.2, 0) is 11.2 Å². The molecule has 0 aromatic carbocycles. The summed E-state index contributed by atoms with van der Waals surface area (Å²) in [5, 5.41) is 5.73. The summed E-state index contributed by atoms with van der Waals surface area (Å²) in [7, 11) is 0. The number of hydrogen-bond acceptors (Lipinski definition) is 3. The number of amides is 1. The summed E-state index contributed by atoms with van der Waals surface area (Å²) in [6, 6.07) is 3.29. The van der Waals surface area contributed by atoms with E-state index in [9.17, 15) is 4.79 Å². The molecule has 3 nitrogen and oxygen atoms in total. The maximum atomic E-state index is 12.8. The Balaban J connectivity index is 1.54. The monoisotopic (exact) mass is 290 g/mol. The van der Waals surface area contributed by atoms with E-state index in [1.807, 2.05) is 11.3 Å². The molecule has 2 unspecified atom stereocenters. The third kappa shape index (κ3) is 2.29. The first-order valence-corrected chi connectivity index (χ1v) is 8.83. The lowest BCUT2D eigenvalue weighted by Crippen LogP contribution is -2.52. The Morgan fingerprint density at radius 1 is 1.20 bits per heavy atom. The molecule has 2 atom stereocenters. The number of aryl methyl sites for hydroxylation is 1. The molecule has 3 aliphatic rings. The van der Waals surface area contributed by atoms with Crippen molar-refractivity contribution in [3.05, 3.63) is 21.9 Å². The van der Waals surface area contributed by atoms with Crippen molar-refractivity contribution in [2.24, 2.45) is 0 Å². The summed E-state index contributed by atoms with van der Waals surface area (Å²) in [6.45, 7) is 0.946. The summed E-state index contributed by atoms with van der Waals surface area (Å²) in [6.07, 6.45) is 8.24. The minimum Gasteiger partial charge on any atom is -0.334 e. The molecule has 4 rings (SSSR count). The van der Waals surface area contributed by atoms with E-state index in [2.05, 4.69) is 21.7 Å². The molecule has 0 spiro atoms. The third-order valence-corrected chi connectivity index (χ3v) is 5.88. The molecule has 1 aromatic heterocycles. The van der Waals surface area contributed by atoms with Crippen LogP contribution in [0.5, 0.6) is 0 Å². The van der Waals surface area contributed by atoms with Crippen molar-refractivity contribution in [3.63, 3.8) is 0 Å². The molecule has 1 amide bonds. The molecule has 0 bridgehead atoms. The quantitative estimate of drug-likeness (QED) is 0.928. The summed E-state index contributed by atoms with van der Waals surface area (Å²) in [4.78, 5) is 16.5. The van der Waals surface area contributed by atoms with Gasteiger partial charge < -0.3 is 10.2 Å². The molecule has 108 valence electrons. The molecule has 2 heterocycles. The Morgan fingerprint density at radius 3 is 2.95 bits per heavy atom. The van der Waals surface area contributed by atoms with E-state index < -0.39 is 0 Å². The van der Waals surface area contributed by atoms with Gasteiger partial charge in [-0.3, -0.25) is 4.79 Å². The number of rotatable bonds is 3. The van der Waals surface area contributed by atoms with Crippen LogP contribution in [0.1, 0.15) is 55.0 Å². The Bertz CT molecular complexity index is 508. The lowest BCUT2D eigenvalue weighted by Gasteiger charge is -2.40. The van der Waals surface area contributed by atoms with Crippen LogP contribution in [0.2, 0.25) is 0 Å². The predicted octanol–water partition coefficient (Wildman–Crippen LogP) is 2.87. The molecule has 20 heavy (non-hydrogen) atoms. The molecule has 2 aliphatic carbocycles. The Kier molecular flexibility index (Phi) is 3.31. The Morgan fingerprint density at radius 2 is 2.10 bits per heavy atom. The predicted molar refractivity (Wildman–Crippen MR) is 80.9 cm³/mol. The maximum absolute atomic E-state index is 12.8. The van der Waals surface area contributed by atoms with Crippen molar-refractivity contribution in [1.29, 1.82) is 0 Å². The number of carbonyl (C=O) groups excluding carboxylic acids is 1. The topological polar surface area (TPSA) is 32.3 Å². The molecule has 1 saturated carbocycles. The van der Waals surface area contributed by atoms with E-state index in [0.29, 0.717) is 18.0 Å². The van der Waals surface area contributed by atoms with E-state index in [-0.39, 0.29) is 6.04 Å². The molecular formula is C16H22N2OS. The average molecular weight is 290 g/mol. The van der Waals surface area contributed by atoms with Gasteiger partial charge in [-0.1, -0.05) is 0 Å². The van der Waals surface area contributed by atoms with Gasteiger partial charge in [0, 0.05) is 17.5 Å². The van der Waals surface area contributed by atoms with Crippen LogP contribution < -0.4 is 5.32 Å². The summed E-state index contributed by atoms with van der Waals surface area (Å²) < 4.78 is 0. The van der Waals surface area contributed by atoms with E-state index in [1.165, 1.54) is 36.1 Å². The van der Waals surface area contributed by atoms with Gasteiger partial charge in [0.15, 0.2) is 0 Å². The van der Waals surface area contributed by atoms with Gasteiger partial charge in [-0.25, -0.2) is 0 Å². The Hall–Kier alpha value is -0.870. The number of piperidine rings is 1. The first-order chi connectivity index (χ1) is 9.83. The van der Waals surface area contributed by atoms with E-state index >= 15 is 0 Å². The number of nitrogens with zero attached hydrogens (tertiary/aromatic N) is 1. The van der Waals surface area contributed by atoms with Gasteiger partial charge in [-0.15, -0.1) is 11.3 Å². The van der Waals surface area contributed by atoms with Crippen molar-refractivity contribution in [2.45, 2.75) is 63.1 Å². The van der Waals surface area contributed by atoms with Gasteiger partial charge in [0.2, 0.25) is 5.91 Å². The van der Waals surface area contributed by atoms with Crippen LogP contribution in [0.25, 0.3) is 0 Å². The Labute approximate surface area is 124 Å². The van der Waals surface area contributed by atoms with Gasteiger partial charge in [0.1, 0.15) is 0 Å². The lowest BCUT2D eigenvalue weighted by atomic mass is 9.90. The van der Waals surface area contributed by atoms with Crippen LogP contribution in [0.3, 0.4) is 0 Å². The number of fused-ring (bicyclic) bond motifs is 1. The van der Waals surface area contributed by atoms with Crippen LogP contribution in [0.15, 0.2) is 11.4 Å². The highest BCUT2D eigenvalue weighted by atomic mass is 32.1. The van der Waals surface area contributed by atoms with Gasteiger partial charge in [-0.2, -0.15) is 0 Å². The standard InChI is InChI=1S/C16H22N2OS/c19-16-13(17-11-6-7-11)3-2-9-18(16)14-4-1-5-15-12(14)8-10-20-15/h8,10-11,13-14,17H,1-7,9H2. The highest BCUT2D eigenvalue weighted by molar-refractivity contribution is 7.10. The minimum absolute atomic E-state index is 0.0836. The number of hydrogen-bond donors (Lipinski definition) is 1. The summed E-state index contributed by atoms with van der Waals surface area (Å²) in [5.74, 6) is 0.354. The third-order valence-electron chi connectivity index (χ3n) is 4.88. The second-order valence-corrected chi connectivity index (χ2v) is 7.38. The van der Waals surface area contributed by atoms with Crippen molar-refractivity contribution >= 4 is 17.2 Å². The molecule has 1 aliphatic heterocycles. The molecule has 1 N–H and O–H groups in total. The molecular weight excluding hydrogens is 268 g/mol.